The number of rotatable bonds is 6. The second-order valence-electron chi connectivity index (χ2n) is 5.75. The van der Waals surface area contributed by atoms with Crippen LogP contribution < -0.4 is 4.72 Å². The molecule has 0 unspecified atom stereocenters. The van der Waals surface area contributed by atoms with Crippen LogP contribution in [0.1, 0.15) is 48.7 Å². The minimum atomic E-state index is -4.78. The van der Waals surface area contributed by atoms with E-state index in [2.05, 4.69) is 9.72 Å². The molecule has 1 aromatic heterocycles. The zero-order chi connectivity index (χ0) is 18.9. The lowest BCUT2D eigenvalue weighted by atomic mass is 9.99. The van der Waals surface area contributed by atoms with Crippen LogP contribution in [0.5, 0.6) is 0 Å². The average molecular weight is 386 g/mol. The number of esters is 1. The second kappa shape index (κ2) is 6.94. The Morgan fingerprint density at radius 1 is 1.36 bits per heavy atom. The van der Waals surface area contributed by atoms with Gasteiger partial charge in [0.1, 0.15) is 22.8 Å². The molecule has 1 aliphatic carbocycles. The van der Waals surface area contributed by atoms with Gasteiger partial charge in [0.05, 0.1) is 6.61 Å². The number of aromatic amines is 1. The van der Waals surface area contributed by atoms with Crippen LogP contribution in [0.4, 0.5) is 17.6 Å². The van der Waals surface area contributed by atoms with Gasteiger partial charge >= 0.3 is 12.1 Å². The zero-order valence-corrected chi connectivity index (χ0v) is 14.2. The van der Waals surface area contributed by atoms with Crippen LogP contribution in [0.2, 0.25) is 0 Å². The molecule has 0 saturated heterocycles. The fourth-order valence-corrected chi connectivity index (χ4v) is 4.57. The molecule has 1 fully saturated rings. The molecule has 1 aliphatic rings. The Morgan fingerprint density at radius 3 is 2.44 bits per heavy atom. The van der Waals surface area contributed by atoms with Crippen molar-refractivity contribution in [3.63, 3.8) is 0 Å². The molecule has 2 N–H and O–H groups in total. The average Bonchev–Trinajstić information content (AvgIpc) is 3.13. The number of carbonyl (C=O) groups excluding carboxylic acids is 1. The van der Waals surface area contributed by atoms with E-state index in [1.54, 1.807) is 4.72 Å². The van der Waals surface area contributed by atoms with Gasteiger partial charge in [-0.25, -0.2) is 17.6 Å². The minimum Gasteiger partial charge on any atom is -0.461 e. The second-order valence-corrected chi connectivity index (χ2v) is 7.40. The number of sulfonamides is 1. The molecule has 1 heterocycles. The SMILES string of the molecule is CCOC(=O)c1[nH]cc(S(=O)(=O)NC2(C(F)(F)F)CCCC2)c1CF. The summed E-state index contributed by atoms with van der Waals surface area (Å²) in [5, 5.41) is 0. The normalized spacial score (nSPS) is 17.6. The molecule has 0 amide bonds. The molecule has 6 nitrogen and oxygen atoms in total. The number of hydrogen-bond acceptors (Lipinski definition) is 4. The van der Waals surface area contributed by atoms with Crippen molar-refractivity contribution < 1.29 is 35.5 Å². The number of nitrogens with one attached hydrogen (secondary N) is 2. The van der Waals surface area contributed by atoms with Crippen LogP contribution in [0, 0.1) is 0 Å². The van der Waals surface area contributed by atoms with Gasteiger partial charge in [-0.2, -0.15) is 17.9 Å². The molecule has 11 heteroatoms. The van der Waals surface area contributed by atoms with Gasteiger partial charge in [0.15, 0.2) is 0 Å². The minimum absolute atomic E-state index is 0.0267. The topological polar surface area (TPSA) is 88.3 Å². The Balaban J connectivity index is 2.42. The highest BCUT2D eigenvalue weighted by Crippen LogP contribution is 2.44. The molecule has 0 atom stereocenters. The summed E-state index contributed by atoms with van der Waals surface area (Å²) >= 11 is 0. The van der Waals surface area contributed by atoms with E-state index in [-0.39, 0.29) is 19.4 Å². The van der Waals surface area contributed by atoms with Crippen molar-refractivity contribution in [3.8, 4) is 0 Å². The van der Waals surface area contributed by atoms with Gasteiger partial charge in [-0.1, -0.05) is 12.8 Å². The smallest absolute Gasteiger partial charge is 0.407 e. The van der Waals surface area contributed by atoms with E-state index in [1.807, 2.05) is 0 Å². The van der Waals surface area contributed by atoms with Crippen molar-refractivity contribution in [2.24, 2.45) is 0 Å². The van der Waals surface area contributed by atoms with E-state index in [0.29, 0.717) is 0 Å². The molecule has 0 aromatic carbocycles. The maximum Gasteiger partial charge on any atom is 0.407 e. The number of alkyl halides is 4. The third-order valence-corrected chi connectivity index (χ3v) is 5.78. The molecule has 142 valence electrons. The molecule has 2 rings (SSSR count). The highest BCUT2D eigenvalue weighted by molar-refractivity contribution is 7.89. The predicted molar refractivity (Wildman–Crippen MR) is 79.1 cm³/mol. The Hall–Kier alpha value is -1.62. The van der Waals surface area contributed by atoms with E-state index >= 15 is 0 Å². The van der Waals surface area contributed by atoms with Crippen LogP contribution in [0.15, 0.2) is 11.1 Å². The molecule has 1 saturated carbocycles. The molecule has 0 bridgehead atoms. The summed E-state index contributed by atoms with van der Waals surface area (Å²) in [6.45, 7) is 0.121. The molecule has 25 heavy (non-hydrogen) atoms. The molecule has 0 spiro atoms. The Kier molecular flexibility index (Phi) is 5.47. The number of carbonyl (C=O) groups is 1. The van der Waals surface area contributed by atoms with E-state index in [9.17, 15) is 30.8 Å². The summed E-state index contributed by atoms with van der Waals surface area (Å²) in [7, 11) is -4.70. The van der Waals surface area contributed by atoms with Crippen LogP contribution in [-0.4, -0.2) is 37.7 Å². The van der Waals surface area contributed by atoms with Crippen molar-refractivity contribution in [3.05, 3.63) is 17.5 Å². The van der Waals surface area contributed by atoms with E-state index in [0.717, 1.165) is 6.20 Å². The summed E-state index contributed by atoms with van der Waals surface area (Å²) in [6, 6.07) is 0. The Bertz CT molecular complexity index is 737. The summed E-state index contributed by atoms with van der Waals surface area (Å²) in [4.78, 5) is 13.3. The third-order valence-electron chi connectivity index (χ3n) is 4.18. The van der Waals surface area contributed by atoms with E-state index in [1.165, 1.54) is 6.92 Å². The van der Waals surface area contributed by atoms with Crippen molar-refractivity contribution in [2.45, 2.75) is 55.9 Å². The lowest BCUT2D eigenvalue weighted by molar-refractivity contribution is -0.188. The summed E-state index contributed by atoms with van der Waals surface area (Å²) in [5.74, 6) is -0.983. The van der Waals surface area contributed by atoms with Crippen LogP contribution >= 0.6 is 0 Å². The molecule has 1 aromatic rings. The van der Waals surface area contributed by atoms with Crippen molar-refractivity contribution in [1.82, 2.24) is 9.71 Å². The largest absolute Gasteiger partial charge is 0.461 e. The van der Waals surface area contributed by atoms with Gasteiger partial charge < -0.3 is 9.72 Å². The number of ether oxygens (including phenoxy) is 1. The lowest BCUT2D eigenvalue weighted by Gasteiger charge is -2.32. The maximum atomic E-state index is 13.4. The maximum absolute atomic E-state index is 13.4. The predicted octanol–water partition coefficient (Wildman–Crippen LogP) is 2.81. The summed E-state index contributed by atoms with van der Waals surface area (Å²) < 4.78 is 84.8. The fraction of sp³-hybridized carbons (Fsp3) is 0.643. The van der Waals surface area contributed by atoms with Crippen LogP contribution in [-0.2, 0) is 21.4 Å². The molecule has 0 radical (unpaired) electrons. The number of halogens is 4. The van der Waals surface area contributed by atoms with E-state index in [4.69, 9.17) is 0 Å². The first-order valence-electron chi connectivity index (χ1n) is 7.62. The third kappa shape index (κ3) is 3.66. The Morgan fingerprint density at radius 2 is 1.96 bits per heavy atom. The quantitative estimate of drug-likeness (QED) is 0.581. The van der Waals surface area contributed by atoms with Crippen molar-refractivity contribution >= 4 is 16.0 Å². The Labute approximate surface area is 142 Å². The summed E-state index contributed by atoms with van der Waals surface area (Å²) in [5.41, 5.74) is -3.57. The van der Waals surface area contributed by atoms with Gasteiger partial charge in [0.2, 0.25) is 10.0 Å². The van der Waals surface area contributed by atoms with Crippen LogP contribution in [0.3, 0.4) is 0 Å². The van der Waals surface area contributed by atoms with E-state index < -0.39 is 63.4 Å². The van der Waals surface area contributed by atoms with Crippen LogP contribution in [0.25, 0.3) is 0 Å². The number of aromatic nitrogens is 1. The summed E-state index contributed by atoms with van der Waals surface area (Å²) in [6.07, 6.45) is -4.33. The first-order chi connectivity index (χ1) is 11.6. The fourth-order valence-electron chi connectivity index (χ4n) is 2.93. The van der Waals surface area contributed by atoms with Gasteiger partial charge in [-0.05, 0) is 19.8 Å². The molecular formula is C14H18F4N2O4S. The lowest BCUT2D eigenvalue weighted by Crippen LogP contribution is -2.56. The zero-order valence-electron chi connectivity index (χ0n) is 13.4. The highest BCUT2D eigenvalue weighted by Gasteiger charge is 2.58. The van der Waals surface area contributed by atoms with Gasteiger partial charge in [-0.3, -0.25) is 0 Å². The van der Waals surface area contributed by atoms with Gasteiger partial charge in [0, 0.05) is 11.8 Å². The number of hydrogen-bond donors (Lipinski definition) is 2. The highest BCUT2D eigenvalue weighted by atomic mass is 32.2. The molecule has 0 aliphatic heterocycles. The number of H-pyrrole nitrogens is 1. The van der Waals surface area contributed by atoms with Crippen molar-refractivity contribution in [2.75, 3.05) is 6.61 Å². The van der Waals surface area contributed by atoms with Gasteiger partial charge in [0.25, 0.3) is 0 Å². The van der Waals surface area contributed by atoms with Gasteiger partial charge in [-0.15, -0.1) is 0 Å². The first-order valence-corrected chi connectivity index (χ1v) is 9.10. The first kappa shape index (κ1) is 19.7. The molecular weight excluding hydrogens is 368 g/mol. The van der Waals surface area contributed by atoms with Crippen molar-refractivity contribution in [1.29, 1.82) is 0 Å². The standard InChI is InChI=1S/C14H18F4N2O4S/c1-2-24-12(21)11-9(7-15)10(8-19-11)25(22,23)20-13(14(16,17)18)5-3-4-6-13/h8,19-20H,2-7H2,1H3. The monoisotopic (exact) mass is 386 g/mol.